The molecule has 0 aliphatic rings. The van der Waals surface area contributed by atoms with Gasteiger partial charge in [0.05, 0.1) is 6.61 Å². The van der Waals surface area contributed by atoms with E-state index in [9.17, 15) is 27.6 Å². The van der Waals surface area contributed by atoms with Crippen LogP contribution < -0.4 is 15.8 Å². The summed E-state index contributed by atoms with van der Waals surface area (Å²) in [7, 11) is 0. The Hall–Kier alpha value is -3.78. The van der Waals surface area contributed by atoms with Crippen LogP contribution in [0.2, 0.25) is 0 Å². The Balaban J connectivity index is 1.99. The molecule has 1 aromatic heterocycles. The molecule has 1 atom stereocenters. The molecule has 212 valence electrons. The summed E-state index contributed by atoms with van der Waals surface area (Å²) in [6.07, 6.45) is -2.47. The molecule has 0 aliphatic carbocycles. The van der Waals surface area contributed by atoms with Crippen LogP contribution in [0.25, 0.3) is 11.0 Å². The van der Waals surface area contributed by atoms with Crippen LogP contribution in [0.1, 0.15) is 46.6 Å². The first kappa shape index (κ1) is 31.4. The number of nitrogens with one attached hydrogen (secondary N) is 1. The number of esters is 1. The van der Waals surface area contributed by atoms with Gasteiger partial charge in [-0.15, -0.1) is 0 Å². The van der Waals surface area contributed by atoms with E-state index in [0.717, 1.165) is 18.8 Å². The van der Waals surface area contributed by atoms with E-state index >= 15 is 0 Å². The van der Waals surface area contributed by atoms with Crippen molar-refractivity contribution in [3.05, 3.63) is 52.4 Å². The van der Waals surface area contributed by atoms with E-state index in [1.54, 1.807) is 32.2 Å². The smallest absolute Gasteiger partial charge is 0.458 e. The number of carbonyl (C=O) groups is 2. The van der Waals surface area contributed by atoms with Crippen LogP contribution in [0.3, 0.4) is 0 Å². The second-order valence-electron chi connectivity index (χ2n) is 9.41. The Bertz CT molecular complexity index is 1290. The summed E-state index contributed by atoms with van der Waals surface area (Å²) in [4.78, 5) is 37.7. The van der Waals surface area contributed by atoms with Gasteiger partial charge in [0.25, 0.3) is 0 Å². The van der Waals surface area contributed by atoms with Gasteiger partial charge in [-0.25, -0.2) is 9.59 Å². The summed E-state index contributed by atoms with van der Waals surface area (Å²) in [5.74, 6) is 2.50. The van der Waals surface area contributed by atoms with Gasteiger partial charge < -0.3 is 24.1 Å². The molecule has 1 amide bonds. The number of nitrogens with zero attached hydrogens (tertiary/aromatic N) is 1. The van der Waals surface area contributed by atoms with E-state index in [0.29, 0.717) is 16.5 Å². The van der Waals surface area contributed by atoms with Crippen LogP contribution in [0.5, 0.6) is 0 Å². The lowest BCUT2D eigenvalue weighted by Gasteiger charge is -2.24. The van der Waals surface area contributed by atoms with Crippen molar-refractivity contribution in [1.82, 2.24) is 5.32 Å². The minimum Gasteiger partial charge on any atom is -0.458 e. The first-order valence-corrected chi connectivity index (χ1v) is 12.4. The van der Waals surface area contributed by atoms with Gasteiger partial charge in [0.2, 0.25) is 0 Å². The number of rotatable bonds is 10. The van der Waals surface area contributed by atoms with Gasteiger partial charge >= 0.3 is 23.7 Å². The molecule has 0 aliphatic heterocycles. The molecule has 1 unspecified atom stereocenters. The van der Waals surface area contributed by atoms with Crippen molar-refractivity contribution >= 4 is 28.5 Å². The Morgan fingerprint density at radius 2 is 1.82 bits per heavy atom. The largest absolute Gasteiger partial charge is 0.471 e. The number of carbonyl (C=O) groups excluding carboxylic acids is 2. The number of alkyl halides is 3. The number of fused-ring (bicyclic) bond motifs is 1. The van der Waals surface area contributed by atoms with E-state index in [2.05, 4.69) is 16.7 Å². The van der Waals surface area contributed by atoms with E-state index < -0.39 is 35.3 Å². The van der Waals surface area contributed by atoms with Gasteiger partial charge in [-0.05, 0) is 53.2 Å². The van der Waals surface area contributed by atoms with Crippen LogP contribution >= 0.6 is 0 Å². The molecule has 39 heavy (non-hydrogen) atoms. The number of halogens is 3. The normalized spacial score (nSPS) is 12.6. The molecule has 0 bridgehead atoms. The molecule has 2 rings (SSSR count). The summed E-state index contributed by atoms with van der Waals surface area (Å²) in [5.41, 5.74) is 0.388. The Morgan fingerprint density at radius 3 is 2.44 bits per heavy atom. The fourth-order valence-corrected chi connectivity index (χ4v) is 3.48. The third-order valence-electron chi connectivity index (χ3n) is 5.26. The molecule has 1 N–H and O–H groups in total. The average Bonchev–Trinajstić information content (AvgIpc) is 2.83. The quantitative estimate of drug-likeness (QED) is 0.155. The minimum atomic E-state index is -5.13. The summed E-state index contributed by atoms with van der Waals surface area (Å²) >= 11 is 0. The third-order valence-corrected chi connectivity index (χ3v) is 5.26. The van der Waals surface area contributed by atoms with Gasteiger partial charge in [0, 0.05) is 41.9 Å². The Morgan fingerprint density at radius 1 is 1.13 bits per heavy atom. The molecule has 1 aromatic carbocycles. The van der Waals surface area contributed by atoms with Gasteiger partial charge in [-0.3, -0.25) is 4.79 Å². The fourth-order valence-electron chi connectivity index (χ4n) is 3.48. The predicted octanol–water partition coefficient (Wildman–Crippen LogP) is 4.34. The highest BCUT2D eigenvalue weighted by Gasteiger charge is 2.41. The minimum absolute atomic E-state index is 0.00386. The number of ether oxygens (including phenoxy) is 2. The molecule has 2 aromatic rings. The topological polar surface area (TPSA) is 98.1 Å². The fraction of sp³-hybridized carbons (Fsp3) is 0.464. The zero-order valence-corrected chi connectivity index (χ0v) is 22.6. The number of amides is 1. The van der Waals surface area contributed by atoms with E-state index in [-0.39, 0.29) is 19.6 Å². The van der Waals surface area contributed by atoms with Crippen molar-refractivity contribution in [1.29, 1.82) is 0 Å². The molecule has 0 radical (unpaired) electrons. The van der Waals surface area contributed by atoms with Crippen LogP contribution in [0.15, 0.2) is 45.6 Å². The lowest BCUT2D eigenvalue weighted by atomic mass is 10.1. The van der Waals surface area contributed by atoms with Gasteiger partial charge in [-0.2, -0.15) is 13.2 Å². The maximum atomic E-state index is 12.6. The van der Waals surface area contributed by atoms with Crippen molar-refractivity contribution in [3.63, 3.8) is 0 Å². The lowest BCUT2D eigenvalue weighted by Crippen LogP contribution is -2.48. The van der Waals surface area contributed by atoms with Gasteiger partial charge in [0.15, 0.2) is 0 Å². The highest BCUT2D eigenvalue weighted by atomic mass is 19.4. The van der Waals surface area contributed by atoms with Crippen LogP contribution in [0.4, 0.5) is 18.9 Å². The molecule has 0 saturated carbocycles. The van der Waals surface area contributed by atoms with Crippen LogP contribution in [-0.4, -0.2) is 56.0 Å². The number of benzene rings is 1. The maximum Gasteiger partial charge on any atom is 0.471 e. The lowest BCUT2D eigenvalue weighted by molar-refractivity contribution is -0.177. The van der Waals surface area contributed by atoms with Crippen LogP contribution in [-0.2, 0) is 19.1 Å². The SMILES string of the molecule is CCN(CC)c1ccc2c(C#CCOC/C=C/CC(NC(=O)C(F)(F)F)C(=O)OC(C)(C)C)cc(=O)oc2c1. The maximum absolute atomic E-state index is 12.6. The second-order valence-corrected chi connectivity index (χ2v) is 9.41. The van der Waals surface area contributed by atoms with Crippen molar-refractivity contribution in [2.24, 2.45) is 0 Å². The number of anilines is 1. The van der Waals surface area contributed by atoms with Crippen molar-refractivity contribution in [3.8, 4) is 11.8 Å². The standard InChI is InChI=1S/C28H33F3N2O6/c1-6-33(7-2)20-13-14-21-19(17-24(34)38-23(21)18-20)11-10-16-37-15-9-8-12-22(25(35)39-27(3,4)5)32-26(36)28(29,30)31/h8-9,13-14,17-18,22H,6-7,12,15-16H2,1-5H3,(H,32,36)/b9-8+. The molecular weight excluding hydrogens is 517 g/mol. The zero-order valence-electron chi connectivity index (χ0n) is 22.6. The molecule has 0 saturated heterocycles. The second kappa shape index (κ2) is 13.8. The summed E-state index contributed by atoms with van der Waals surface area (Å²) in [6, 6.07) is 5.37. The zero-order chi connectivity index (χ0) is 29.2. The highest BCUT2D eigenvalue weighted by Crippen LogP contribution is 2.23. The van der Waals surface area contributed by atoms with E-state index in [1.807, 2.05) is 26.0 Å². The molecule has 0 spiro atoms. The predicted molar refractivity (Wildman–Crippen MR) is 141 cm³/mol. The number of hydrogen-bond donors (Lipinski definition) is 1. The van der Waals surface area contributed by atoms with Gasteiger partial charge in [0.1, 0.15) is 23.8 Å². The molecule has 8 nitrogen and oxygen atoms in total. The highest BCUT2D eigenvalue weighted by molar-refractivity contribution is 5.88. The van der Waals surface area contributed by atoms with Crippen molar-refractivity contribution < 1.29 is 36.7 Å². The average molecular weight is 551 g/mol. The molecule has 1 heterocycles. The molecular formula is C28H33F3N2O6. The monoisotopic (exact) mass is 550 g/mol. The van der Waals surface area contributed by atoms with Crippen molar-refractivity contribution in [2.75, 3.05) is 31.2 Å². The summed E-state index contributed by atoms with van der Waals surface area (Å²) < 4.78 is 53.8. The molecule has 0 fully saturated rings. The summed E-state index contributed by atoms with van der Waals surface area (Å²) in [5, 5.41) is 2.34. The molecule has 11 heteroatoms. The van der Waals surface area contributed by atoms with E-state index in [1.165, 1.54) is 18.2 Å². The first-order valence-electron chi connectivity index (χ1n) is 12.4. The van der Waals surface area contributed by atoms with Crippen molar-refractivity contribution in [2.45, 2.75) is 58.9 Å². The van der Waals surface area contributed by atoms with E-state index in [4.69, 9.17) is 13.9 Å². The Labute approximate surface area is 225 Å². The first-order chi connectivity index (χ1) is 18.2. The Kier molecular flexibility index (Phi) is 11.2. The van der Waals surface area contributed by atoms with Crippen LogP contribution in [0, 0.1) is 11.8 Å². The third kappa shape index (κ3) is 10.1. The number of hydrogen-bond acceptors (Lipinski definition) is 7. The van der Waals surface area contributed by atoms with Gasteiger partial charge in [-0.1, -0.05) is 24.0 Å². The summed E-state index contributed by atoms with van der Waals surface area (Å²) in [6.45, 7) is 10.4.